The van der Waals surface area contributed by atoms with E-state index in [1.54, 1.807) is 0 Å². The molecular weight excluding hydrogens is 278 g/mol. The zero-order valence-corrected chi connectivity index (χ0v) is 14.7. The van der Waals surface area contributed by atoms with Gasteiger partial charge in [-0.2, -0.15) is 0 Å². The molecule has 5 heteroatoms. The van der Waals surface area contributed by atoms with Gasteiger partial charge < -0.3 is 19.9 Å². The van der Waals surface area contributed by atoms with Crippen LogP contribution >= 0.6 is 0 Å². The van der Waals surface area contributed by atoms with Gasteiger partial charge in [-0.1, -0.05) is 0 Å². The highest BCUT2D eigenvalue weighted by molar-refractivity contribution is 5.68. The van der Waals surface area contributed by atoms with E-state index in [9.17, 15) is 4.79 Å². The number of amides is 1. The molecule has 2 aliphatic rings. The SMILES string of the molecule is CN1CCC(N(CC2CCNCC2)C(=O)OC(C)(C)C)CC1. The van der Waals surface area contributed by atoms with Crippen molar-refractivity contribution < 1.29 is 9.53 Å². The number of rotatable bonds is 3. The highest BCUT2D eigenvalue weighted by atomic mass is 16.6. The standard InChI is InChI=1S/C17H33N3O2/c1-17(2,3)22-16(21)20(13-14-5-9-18-10-6-14)15-7-11-19(4)12-8-15/h14-15,18H,5-13H2,1-4H3. The largest absolute Gasteiger partial charge is 0.444 e. The molecule has 0 atom stereocenters. The second kappa shape index (κ2) is 7.64. The molecule has 2 heterocycles. The minimum atomic E-state index is -0.422. The summed E-state index contributed by atoms with van der Waals surface area (Å²) in [5.74, 6) is 0.605. The van der Waals surface area contributed by atoms with Gasteiger partial charge >= 0.3 is 6.09 Å². The maximum absolute atomic E-state index is 12.7. The lowest BCUT2D eigenvalue weighted by Gasteiger charge is -2.40. The first-order valence-corrected chi connectivity index (χ1v) is 8.74. The van der Waals surface area contributed by atoms with Crippen LogP contribution in [0.2, 0.25) is 0 Å². The number of ether oxygens (including phenoxy) is 1. The number of hydrogen-bond acceptors (Lipinski definition) is 4. The molecule has 1 N–H and O–H groups in total. The van der Waals surface area contributed by atoms with E-state index in [4.69, 9.17) is 4.74 Å². The molecule has 0 spiro atoms. The molecule has 0 bridgehead atoms. The van der Waals surface area contributed by atoms with Crippen molar-refractivity contribution in [3.63, 3.8) is 0 Å². The molecule has 2 aliphatic heterocycles. The summed E-state index contributed by atoms with van der Waals surface area (Å²) in [5, 5.41) is 3.40. The molecule has 128 valence electrons. The fourth-order valence-corrected chi connectivity index (χ4v) is 3.34. The molecular formula is C17H33N3O2. The molecule has 0 unspecified atom stereocenters. The first kappa shape index (κ1) is 17.5. The topological polar surface area (TPSA) is 44.8 Å². The minimum absolute atomic E-state index is 0.124. The van der Waals surface area contributed by atoms with Gasteiger partial charge in [-0.15, -0.1) is 0 Å². The van der Waals surface area contributed by atoms with Gasteiger partial charge in [-0.3, -0.25) is 0 Å². The third-order valence-corrected chi connectivity index (χ3v) is 4.67. The van der Waals surface area contributed by atoms with Gasteiger partial charge in [-0.05, 0) is 85.6 Å². The second-order valence-corrected chi connectivity index (χ2v) is 7.86. The summed E-state index contributed by atoms with van der Waals surface area (Å²) < 4.78 is 5.68. The fraction of sp³-hybridized carbons (Fsp3) is 0.941. The van der Waals surface area contributed by atoms with Crippen LogP contribution in [0.5, 0.6) is 0 Å². The number of nitrogens with one attached hydrogen (secondary N) is 1. The smallest absolute Gasteiger partial charge is 0.410 e. The van der Waals surface area contributed by atoms with Crippen LogP contribution in [-0.2, 0) is 4.74 Å². The summed E-state index contributed by atoms with van der Waals surface area (Å²) in [6.45, 7) is 11.0. The molecule has 0 aromatic rings. The Morgan fingerprint density at radius 1 is 1.18 bits per heavy atom. The number of carbonyl (C=O) groups is 1. The maximum Gasteiger partial charge on any atom is 0.410 e. The maximum atomic E-state index is 12.7. The molecule has 2 fully saturated rings. The van der Waals surface area contributed by atoms with Gasteiger partial charge in [0.2, 0.25) is 0 Å². The van der Waals surface area contributed by atoms with Crippen LogP contribution in [-0.4, -0.2) is 67.3 Å². The summed E-state index contributed by atoms with van der Waals surface area (Å²) >= 11 is 0. The van der Waals surface area contributed by atoms with Crippen LogP contribution in [0, 0.1) is 5.92 Å². The van der Waals surface area contributed by atoms with E-state index in [0.29, 0.717) is 12.0 Å². The van der Waals surface area contributed by atoms with E-state index >= 15 is 0 Å². The van der Waals surface area contributed by atoms with Gasteiger partial charge in [0.15, 0.2) is 0 Å². The van der Waals surface area contributed by atoms with Crippen LogP contribution < -0.4 is 5.32 Å². The molecule has 5 nitrogen and oxygen atoms in total. The Bertz CT molecular complexity index is 353. The third kappa shape index (κ3) is 5.43. The van der Waals surface area contributed by atoms with Crippen molar-refractivity contribution in [1.82, 2.24) is 15.1 Å². The van der Waals surface area contributed by atoms with Gasteiger partial charge in [-0.25, -0.2) is 4.79 Å². The van der Waals surface area contributed by atoms with Crippen molar-refractivity contribution in [2.24, 2.45) is 5.92 Å². The van der Waals surface area contributed by atoms with E-state index < -0.39 is 5.60 Å². The summed E-state index contributed by atoms with van der Waals surface area (Å²) in [4.78, 5) is 17.1. The molecule has 0 aliphatic carbocycles. The zero-order valence-electron chi connectivity index (χ0n) is 14.7. The summed E-state index contributed by atoms with van der Waals surface area (Å²) in [6.07, 6.45) is 4.31. The molecule has 2 rings (SSSR count). The molecule has 0 aromatic carbocycles. The Morgan fingerprint density at radius 2 is 1.77 bits per heavy atom. The molecule has 22 heavy (non-hydrogen) atoms. The number of carbonyl (C=O) groups excluding carboxylic acids is 1. The van der Waals surface area contributed by atoms with Crippen molar-refractivity contribution in [1.29, 1.82) is 0 Å². The van der Waals surface area contributed by atoms with Gasteiger partial charge in [0, 0.05) is 12.6 Å². The molecule has 0 saturated carbocycles. The van der Waals surface area contributed by atoms with Crippen LogP contribution in [0.4, 0.5) is 4.79 Å². The molecule has 0 radical (unpaired) electrons. The predicted octanol–water partition coefficient (Wildman–Crippen LogP) is 2.32. The first-order chi connectivity index (χ1) is 10.3. The van der Waals surface area contributed by atoms with Crippen LogP contribution in [0.25, 0.3) is 0 Å². The second-order valence-electron chi connectivity index (χ2n) is 7.86. The number of hydrogen-bond donors (Lipinski definition) is 1. The Balaban J connectivity index is 2.00. The Morgan fingerprint density at radius 3 is 2.32 bits per heavy atom. The van der Waals surface area contributed by atoms with Gasteiger partial charge in [0.1, 0.15) is 5.60 Å². The Labute approximate surface area is 135 Å². The van der Waals surface area contributed by atoms with E-state index in [2.05, 4.69) is 17.3 Å². The van der Waals surface area contributed by atoms with Crippen LogP contribution in [0.1, 0.15) is 46.5 Å². The summed E-state index contributed by atoms with van der Waals surface area (Å²) in [5.41, 5.74) is -0.422. The Kier molecular flexibility index (Phi) is 6.09. The van der Waals surface area contributed by atoms with Crippen molar-refractivity contribution in [2.45, 2.75) is 58.1 Å². The van der Waals surface area contributed by atoms with E-state index in [1.165, 1.54) is 0 Å². The Hall–Kier alpha value is -0.810. The van der Waals surface area contributed by atoms with Crippen molar-refractivity contribution in [3.05, 3.63) is 0 Å². The highest BCUT2D eigenvalue weighted by Gasteiger charge is 2.32. The van der Waals surface area contributed by atoms with Crippen molar-refractivity contribution in [2.75, 3.05) is 39.8 Å². The first-order valence-electron chi connectivity index (χ1n) is 8.74. The summed E-state index contributed by atoms with van der Waals surface area (Å²) in [6, 6.07) is 0.334. The van der Waals surface area contributed by atoms with Crippen molar-refractivity contribution in [3.8, 4) is 0 Å². The lowest BCUT2D eigenvalue weighted by atomic mass is 9.95. The number of nitrogens with zero attached hydrogens (tertiary/aromatic N) is 2. The lowest BCUT2D eigenvalue weighted by Crippen LogP contribution is -2.50. The quantitative estimate of drug-likeness (QED) is 0.869. The summed E-state index contributed by atoms with van der Waals surface area (Å²) in [7, 11) is 2.15. The number of piperidine rings is 2. The van der Waals surface area contributed by atoms with Crippen molar-refractivity contribution >= 4 is 6.09 Å². The monoisotopic (exact) mass is 311 g/mol. The average molecular weight is 311 g/mol. The van der Waals surface area contributed by atoms with E-state index in [-0.39, 0.29) is 6.09 Å². The normalized spacial score (nSPS) is 22.5. The zero-order chi connectivity index (χ0) is 16.2. The number of likely N-dealkylation sites (tertiary alicyclic amines) is 1. The lowest BCUT2D eigenvalue weighted by molar-refractivity contribution is 0.00394. The van der Waals surface area contributed by atoms with Gasteiger partial charge in [0.25, 0.3) is 0 Å². The fourth-order valence-electron chi connectivity index (χ4n) is 3.34. The minimum Gasteiger partial charge on any atom is -0.444 e. The van der Waals surface area contributed by atoms with Crippen LogP contribution in [0.15, 0.2) is 0 Å². The third-order valence-electron chi connectivity index (χ3n) is 4.67. The molecule has 2 saturated heterocycles. The molecule has 1 amide bonds. The predicted molar refractivity (Wildman–Crippen MR) is 89.1 cm³/mol. The average Bonchev–Trinajstić information content (AvgIpc) is 2.45. The van der Waals surface area contributed by atoms with E-state index in [1.807, 2.05) is 25.7 Å². The molecule has 0 aromatic heterocycles. The highest BCUT2D eigenvalue weighted by Crippen LogP contribution is 2.23. The van der Waals surface area contributed by atoms with Crippen LogP contribution in [0.3, 0.4) is 0 Å². The van der Waals surface area contributed by atoms with Gasteiger partial charge in [0.05, 0.1) is 0 Å². The van der Waals surface area contributed by atoms with E-state index in [0.717, 1.165) is 58.4 Å².